The van der Waals surface area contributed by atoms with Crippen molar-refractivity contribution in [3.05, 3.63) is 60.7 Å². The van der Waals surface area contributed by atoms with Gasteiger partial charge in [-0.2, -0.15) is 0 Å². The van der Waals surface area contributed by atoms with Gasteiger partial charge in [0.1, 0.15) is 0 Å². The molecule has 1 unspecified atom stereocenters. The molecule has 94 valence electrons. The Bertz CT molecular complexity index is 499. The maximum atomic E-state index is 13.5. The average Bonchev–Trinajstić information content (AvgIpc) is 2.47. The highest BCUT2D eigenvalue weighted by molar-refractivity contribution is 9.13. The van der Waals surface area contributed by atoms with Gasteiger partial charge in [-0.15, -0.1) is 0 Å². The summed E-state index contributed by atoms with van der Waals surface area (Å²) in [4.78, 5) is 0. The van der Waals surface area contributed by atoms with Crippen molar-refractivity contribution >= 4 is 49.6 Å². The lowest BCUT2D eigenvalue weighted by Crippen LogP contribution is -2.23. The molecule has 1 atom stereocenters. The molecule has 0 N–H and O–H groups in total. The second-order valence-corrected chi connectivity index (χ2v) is 9.35. The summed E-state index contributed by atoms with van der Waals surface area (Å²) in [5.74, 6) is 0. The Kier molecular flexibility index (Phi) is 4.83. The third-order valence-corrected chi connectivity index (χ3v) is 9.97. The third-order valence-electron chi connectivity index (χ3n) is 2.80. The standard InChI is InChI=1S/C14H13Br2OP/c15-11-14(16)18(17,12-7-3-1-4-8-12)13-9-5-2-6-10-13/h1-10,14H,11H2. The Morgan fingerprint density at radius 2 is 1.28 bits per heavy atom. The number of hydrogen-bond acceptors (Lipinski definition) is 1. The molecule has 0 saturated carbocycles. The number of halogens is 2. The van der Waals surface area contributed by atoms with Crippen molar-refractivity contribution in [3.8, 4) is 0 Å². The number of rotatable bonds is 4. The highest BCUT2D eigenvalue weighted by Crippen LogP contribution is 2.51. The van der Waals surface area contributed by atoms with Gasteiger partial charge in [0.15, 0.2) is 7.14 Å². The van der Waals surface area contributed by atoms with Gasteiger partial charge < -0.3 is 4.57 Å². The minimum absolute atomic E-state index is 0.102. The van der Waals surface area contributed by atoms with Crippen LogP contribution in [0.25, 0.3) is 0 Å². The summed E-state index contributed by atoms with van der Waals surface area (Å²) in [5.41, 5.74) is 0. The van der Waals surface area contributed by atoms with E-state index in [0.717, 1.165) is 10.6 Å². The molecule has 0 spiro atoms. The summed E-state index contributed by atoms with van der Waals surface area (Å²) in [5, 5.41) is 2.42. The number of hydrogen-bond donors (Lipinski definition) is 0. The first-order chi connectivity index (χ1) is 8.69. The van der Waals surface area contributed by atoms with Crippen LogP contribution < -0.4 is 10.6 Å². The van der Waals surface area contributed by atoms with E-state index in [0.29, 0.717) is 5.33 Å². The first kappa shape index (κ1) is 14.0. The van der Waals surface area contributed by atoms with E-state index < -0.39 is 7.14 Å². The molecule has 1 nitrogen and oxygen atoms in total. The molecule has 0 heterocycles. The number of benzene rings is 2. The van der Waals surface area contributed by atoms with Crippen molar-refractivity contribution in [3.63, 3.8) is 0 Å². The van der Waals surface area contributed by atoms with Gasteiger partial charge in [0, 0.05) is 15.9 Å². The lowest BCUT2D eigenvalue weighted by molar-refractivity contribution is 0.587. The van der Waals surface area contributed by atoms with Crippen molar-refractivity contribution in [2.75, 3.05) is 5.33 Å². The zero-order valence-electron chi connectivity index (χ0n) is 9.67. The monoisotopic (exact) mass is 386 g/mol. The molecule has 0 radical (unpaired) electrons. The highest BCUT2D eigenvalue weighted by Gasteiger charge is 2.34. The fraction of sp³-hybridized carbons (Fsp3) is 0.143. The van der Waals surface area contributed by atoms with Crippen molar-refractivity contribution in [2.24, 2.45) is 0 Å². The van der Waals surface area contributed by atoms with Crippen molar-refractivity contribution in [1.29, 1.82) is 0 Å². The van der Waals surface area contributed by atoms with Gasteiger partial charge in [-0.1, -0.05) is 92.5 Å². The van der Waals surface area contributed by atoms with Crippen LogP contribution in [0.5, 0.6) is 0 Å². The SMILES string of the molecule is O=P(c1ccccc1)(c1ccccc1)C(Br)CBr. The predicted molar refractivity (Wildman–Crippen MR) is 86.3 cm³/mol. The molecule has 0 amide bonds. The van der Waals surface area contributed by atoms with Gasteiger partial charge in [-0.3, -0.25) is 0 Å². The zero-order chi connectivity index (χ0) is 13.0. The van der Waals surface area contributed by atoms with E-state index in [2.05, 4.69) is 31.9 Å². The molecule has 0 aliphatic rings. The molecule has 2 aromatic carbocycles. The molecule has 0 aliphatic carbocycles. The van der Waals surface area contributed by atoms with Gasteiger partial charge in [0.05, 0.1) is 4.57 Å². The van der Waals surface area contributed by atoms with Crippen LogP contribution in [0.4, 0.5) is 0 Å². The topological polar surface area (TPSA) is 17.1 Å². The van der Waals surface area contributed by atoms with Crippen LogP contribution in [0.3, 0.4) is 0 Å². The molecule has 2 rings (SSSR count). The Morgan fingerprint density at radius 1 is 0.889 bits per heavy atom. The van der Waals surface area contributed by atoms with Gasteiger partial charge in [0.25, 0.3) is 0 Å². The van der Waals surface area contributed by atoms with E-state index >= 15 is 0 Å². The second-order valence-electron chi connectivity index (χ2n) is 3.92. The Morgan fingerprint density at radius 3 is 1.61 bits per heavy atom. The predicted octanol–water partition coefficient (Wildman–Crippen LogP) is 4.12. The smallest absolute Gasteiger partial charge is 0.157 e. The molecule has 0 bridgehead atoms. The zero-order valence-corrected chi connectivity index (χ0v) is 13.7. The molecule has 0 aromatic heterocycles. The molecule has 0 saturated heterocycles. The summed E-state index contributed by atoms with van der Waals surface area (Å²) >= 11 is 6.99. The largest absolute Gasteiger partial charge is 0.312 e. The molecule has 18 heavy (non-hydrogen) atoms. The second kappa shape index (κ2) is 6.18. The summed E-state index contributed by atoms with van der Waals surface area (Å²) in [6, 6.07) is 19.3. The van der Waals surface area contributed by atoms with Gasteiger partial charge in [-0.05, 0) is 0 Å². The Balaban J connectivity index is 2.59. The van der Waals surface area contributed by atoms with Crippen LogP contribution in [0.2, 0.25) is 0 Å². The first-order valence-electron chi connectivity index (χ1n) is 5.60. The highest BCUT2D eigenvalue weighted by atomic mass is 79.9. The molecular formula is C14H13Br2OP. The maximum absolute atomic E-state index is 13.5. The first-order valence-corrected chi connectivity index (χ1v) is 9.42. The van der Waals surface area contributed by atoms with E-state index in [9.17, 15) is 4.57 Å². The molecule has 4 heteroatoms. The van der Waals surface area contributed by atoms with Crippen molar-refractivity contribution < 1.29 is 4.57 Å². The van der Waals surface area contributed by atoms with Crippen LogP contribution in [-0.4, -0.2) is 9.90 Å². The van der Waals surface area contributed by atoms with Gasteiger partial charge in [-0.25, -0.2) is 0 Å². The van der Waals surface area contributed by atoms with Crippen LogP contribution >= 0.6 is 39.0 Å². The fourth-order valence-corrected chi connectivity index (χ4v) is 6.88. The fourth-order valence-electron chi connectivity index (χ4n) is 1.87. The lowest BCUT2D eigenvalue weighted by Gasteiger charge is -2.23. The number of alkyl halides is 2. The molecular weight excluding hydrogens is 375 g/mol. The Labute approximate surface area is 124 Å². The molecule has 2 aromatic rings. The summed E-state index contributed by atoms with van der Waals surface area (Å²) in [7, 11) is -2.65. The normalized spacial score (nSPS) is 13.2. The van der Waals surface area contributed by atoms with Crippen LogP contribution in [0.1, 0.15) is 0 Å². The van der Waals surface area contributed by atoms with Gasteiger partial charge >= 0.3 is 0 Å². The van der Waals surface area contributed by atoms with Crippen LogP contribution in [0.15, 0.2) is 60.7 Å². The maximum Gasteiger partial charge on any atom is 0.157 e. The average molecular weight is 388 g/mol. The minimum atomic E-state index is -2.65. The minimum Gasteiger partial charge on any atom is -0.312 e. The summed E-state index contributed by atoms with van der Waals surface area (Å²) in [6.45, 7) is 0. The van der Waals surface area contributed by atoms with E-state index in [1.807, 2.05) is 60.7 Å². The molecule has 0 fully saturated rings. The van der Waals surface area contributed by atoms with E-state index in [4.69, 9.17) is 0 Å². The summed E-state index contributed by atoms with van der Waals surface area (Å²) in [6.07, 6.45) is 0. The lowest BCUT2D eigenvalue weighted by atomic mass is 10.4. The van der Waals surface area contributed by atoms with E-state index in [1.165, 1.54) is 0 Å². The third kappa shape index (κ3) is 2.64. The van der Waals surface area contributed by atoms with Gasteiger partial charge in [0.2, 0.25) is 0 Å². The van der Waals surface area contributed by atoms with Crippen LogP contribution in [-0.2, 0) is 4.57 Å². The van der Waals surface area contributed by atoms with Crippen molar-refractivity contribution in [1.82, 2.24) is 0 Å². The van der Waals surface area contributed by atoms with Crippen molar-refractivity contribution in [2.45, 2.75) is 4.57 Å². The molecule has 0 aliphatic heterocycles. The van der Waals surface area contributed by atoms with Crippen LogP contribution in [0, 0.1) is 0 Å². The Hall–Kier alpha value is -0.370. The summed E-state index contributed by atoms with van der Waals surface area (Å²) < 4.78 is 13.4. The quantitative estimate of drug-likeness (QED) is 0.569. The van der Waals surface area contributed by atoms with E-state index in [-0.39, 0.29) is 4.57 Å². The van der Waals surface area contributed by atoms with E-state index in [1.54, 1.807) is 0 Å².